The maximum absolute atomic E-state index is 12.2. The highest BCUT2D eigenvalue weighted by Crippen LogP contribution is 2.50. The minimum Gasteiger partial charge on any atom is -0.480 e. The maximum atomic E-state index is 12.2. The fourth-order valence-corrected chi connectivity index (χ4v) is 4.83. The van der Waals surface area contributed by atoms with Gasteiger partial charge in [0.15, 0.2) is 0 Å². The van der Waals surface area contributed by atoms with Crippen molar-refractivity contribution in [2.75, 3.05) is 12.3 Å². The summed E-state index contributed by atoms with van der Waals surface area (Å²) in [7, 11) is -3.57. The first-order valence-electron chi connectivity index (χ1n) is 6.00. The number of hydrogen-bond donors (Lipinski definition) is 1. The third-order valence-corrected chi connectivity index (χ3v) is 5.87. The monoisotopic (exact) mass is 272 g/mol. The summed E-state index contributed by atoms with van der Waals surface area (Å²) in [5, 5.41) is 17.7. The molecule has 1 saturated heterocycles. The highest BCUT2D eigenvalue weighted by atomic mass is 32.2. The van der Waals surface area contributed by atoms with E-state index >= 15 is 0 Å². The van der Waals surface area contributed by atoms with Gasteiger partial charge in [-0.05, 0) is 31.1 Å². The van der Waals surface area contributed by atoms with Crippen molar-refractivity contribution in [1.29, 1.82) is 5.26 Å². The highest BCUT2D eigenvalue weighted by molar-refractivity contribution is 7.89. The lowest BCUT2D eigenvalue weighted by atomic mass is 10.1. The molecule has 7 heteroatoms. The topological polar surface area (TPSA) is 98.5 Å². The van der Waals surface area contributed by atoms with E-state index in [0.717, 1.165) is 17.1 Å². The molecule has 1 saturated carbocycles. The molecule has 1 atom stereocenters. The van der Waals surface area contributed by atoms with E-state index in [0.29, 0.717) is 12.8 Å². The molecule has 1 N–H and O–H groups in total. The van der Waals surface area contributed by atoms with Gasteiger partial charge in [0.1, 0.15) is 6.04 Å². The number of carboxylic acid groups (broad SMARTS) is 1. The Morgan fingerprint density at radius 1 is 1.50 bits per heavy atom. The molecule has 0 amide bonds. The molecule has 1 heterocycles. The Balaban J connectivity index is 2.12. The summed E-state index contributed by atoms with van der Waals surface area (Å²) in [6, 6.07) is 1.10. The van der Waals surface area contributed by atoms with Gasteiger partial charge in [-0.15, -0.1) is 0 Å². The second-order valence-corrected chi connectivity index (χ2v) is 7.12. The molecule has 0 bridgehead atoms. The maximum Gasteiger partial charge on any atom is 0.322 e. The van der Waals surface area contributed by atoms with E-state index in [1.165, 1.54) is 0 Å². The minimum absolute atomic E-state index is 0.0860. The van der Waals surface area contributed by atoms with Crippen molar-refractivity contribution in [1.82, 2.24) is 4.31 Å². The third kappa shape index (κ3) is 2.49. The van der Waals surface area contributed by atoms with Crippen LogP contribution >= 0.6 is 0 Å². The molecule has 2 rings (SSSR count). The lowest BCUT2D eigenvalue weighted by molar-refractivity contribution is -0.140. The Labute approximate surface area is 106 Å². The van der Waals surface area contributed by atoms with Crippen LogP contribution in [0.15, 0.2) is 0 Å². The molecule has 100 valence electrons. The van der Waals surface area contributed by atoms with Gasteiger partial charge in [-0.25, -0.2) is 8.42 Å². The van der Waals surface area contributed by atoms with Gasteiger partial charge in [0, 0.05) is 13.0 Å². The van der Waals surface area contributed by atoms with Gasteiger partial charge in [0.2, 0.25) is 10.0 Å². The Hall–Kier alpha value is -1.13. The van der Waals surface area contributed by atoms with Gasteiger partial charge >= 0.3 is 5.97 Å². The normalized spacial score (nSPS) is 26.7. The molecule has 1 aliphatic heterocycles. The molecule has 2 fully saturated rings. The zero-order chi connectivity index (χ0) is 13.4. The average molecular weight is 272 g/mol. The number of hydrogen-bond acceptors (Lipinski definition) is 4. The van der Waals surface area contributed by atoms with E-state index in [1.54, 1.807) is 0 Å². The van der Waals surface area contributed by atoms with Crippen LogP contribution in [0, 0.1) is 16.7 Å². The summed E-state index contributed by atoms with van der Waals surface area (Å²) in [6.07, 6.45) is 2.68. The molecule has 2 aliphatic rings. The van der Waals surface area contributed by atoms with Crippen LogP contribution in [0.2, 0.25) is 0 Å². The first kappa shape index (κ1) is 13.3. The molecule has 0 radical (unpaired) electrons. The lowest BCUT2D eigenvalue weighted by Crippen LogP contribution is -2.43. The van der Waals surface area contributed by atoms with Crippen molar-refractivity contribution in [3.8, 4) is 6.07 Å². The standard InChI is InChI=1S/C11H16N2O4S/c12-6-5-11(3-4-11)8-18(16,17)13-7-1-2-9(13)10(14)15/h9H,1-5,7-8H2,(H,14,15)/t9-/m0/s1. The fourth-order valence-electron chi connectivity index (χ4n) is 2.51. The lowest BCUT2D eigenvalue weighted by Gasteiger charge is -2.23. The van der Waals surface area contributed by atoms with Crippen LogP contribution in [0.25, 0.3) is 0 Å². The smallest absolute Gasteiger partial charge is 0.322 e. The van der Waals surface area contributed by atoms with Crippen molar-refractivity contribution in [2.24, 2.45) is 5.41 Å². The van der Waals surface area contributed by atoms with Crippen LogP contribution in [-0.2, 0) is 14.8 Å². The number of nitrogens with zero attached hydrogens (tertiary/aromatic N) is 2. The number of sulfonamides is 1. The molecule has 0 aromatic heterocycles. The average Bonchev–Trinajstić information content (AvgIpc) is 2.82. The minimum atomic E-state index is -3.57. The first-order valence-corrected chi connectivity index (χ1v) is 7.60. The fraction of sp³-hybridized carbons (Fsp3) is 0.818. The van der Waals surface area contributed by atoms with Gasteiger partial charge in [-0.2, -0.15) is 9.57 Å². The van der Waals surface area contributed by atoms with Crippen molar-refractivity contribution in [2.45, 2.75) is 38.1 Å². The number of aliphatic carboxylic acids is 1. The van der Waals surface area contributed by atoms with Crippen LogP contribution in [0.1, 0.15) is 32.1 Å². The number of carboxylic acids is 1. The second kappa shape index (κ2) is 4.52. The molecular formula is C11H16N2O4S. The van der Waals surface area contributed by atoms with Crippen LogP contribution in [0.4, 0.5) is 0 Å². The predicted octanol–water partition coefficient (Wildman–Crippen LogP) is 0.559. The number of rotatable bonds is 5. The summed E-state index contributed by atoms with van der Waals surface area (Å²) in [6.45, 7) is 0.280. The molecule has 0 unspecified atom stereocenters. The van der Waals surface area contributed by atoms with Gasteiger partial charge in [0.05, 0.1) is 11.8 Å². The van der Waals surface area contributed by atoms with E-state index in [9.17, 15) is 13.2 Å². The number of nitriles is 1. The summed E-state index contributed by atoms with van der Waals surface area (Å²) in [5.41, 5.74) is -0.417. The zero-order valence-electron chi connectivity index (χ0n) is 10.0. The summed E-state index contributed by atoms with van der Waals surface area (Å²) in [4.78, 5) is 11.0. The SMILES string of the molecule is N#CCC1(CS(=O)(=O)N2CCC[C@H]2C(=O)O)CC1. The summed E-state index contributed by atoms with van der Waals surface area (Å²) in [5.74, 6) is -1.17. The van der Waals surface area contributed by atoms with Crippen LogP contribution in [-0.4, -0.2) is 42.1 Å². The van der Waals surface area contributed by atoms with Gasteiger partial charge in [0.25, 0.3) is 0 Å². The zero-order valence-corrected chi connectivity index (χ0v) is 10.8. The third-order valence-electron chi connectivity index (χ3n) is 3.75. The highest BCUT2D eigenvalue weighted by Gasteiger charge is 2.49. The van der Waals surface area contributed by atoms with Gasteiger partial charge < -0.3 is 5.11 Å². The molecule has 0 spiro atoms. The van der Waals surface area contributed by atoms with Crippen molar-refractivity contribution in [3.63, 3.8) is 0 Å². The molecule has 0 aromatic carbocycles. The molecule has 6 nitrogen and oxygen atoms in total. The van der Waals surface area contributed by atoms with Crippen LogP contribution in [0.5, 0.6) is 0 Å². The van der Waals surface area contributed by atoms with Crippen molar-refractivity contribution < 1.29 is 18.3 Å². The van der Waals surface area contributed by atoms with Gasteiger partial charge in [-0.1, -0.05) is 0 Å². The van der Waals surface area contributed by atoms with E-state index in [-0.39, 0.29) is 18.7 Å². The first-order chi connectivity index (χ1) is 8.40. The van der Waals surface area contributed by atoms with E-state index in [1.807, 2.05) is 6.07 Å². The summed E-state index contributed by atoms with van der Waals surface area (Å²) < 4.78 is 25.6. The Morgan fingerprint density at radius 2 is 2.17 bits per heavy atom. The largest absolute Gasteiger partial charge is 0.480 e. The Kier molecular flexibility index (Phi) is 3.34. The van der Waals surface area contributed by atoms with Crippen molar-refractivity contribution in [3.05, 3.63) is 0 Å². The molecule has 1 aliphatic carbocycles. The molecule has 0 aromatic rings. The van der Waals surface area contributed by atoms with Gasteiger partial charge in [-0.3, -0.25) is 4.79 Å². The van der Waals surface area contributed by atoms with Crippen molar-refractivity contribution >= 4 is 16.0 Å². The Morgan fingerprint density at radius 3 is 2.67 bits per heavy atom. The predicted molar refractivity (Wildman–Crippen MR) is 63.0 cm³/mol. The van der Waals surface area contributed by atoms with Crippen LogP contribution in [0.3, 0.4) is 0 Å². The Bertz CT molecular complexity index is 490. The van der Waals surface area contributed by atoms with E-state index in [4.69, 9.17) is 10.4 Å². The summed E-state index contributed by atoms with van der Waals surface area (Å²) >= 11 is 0. The quantitative estimate of drug-likeness (QED) is 0.788. The number of carbonyl (C=O) groups is 1. The van der Waals surface area contributed by atoms with E-state index < -0.39 is 27.4 Å². The molecule has 18 heavy (non-hydrogen) atoms. The molecular weight excluding hydrogens is 256 g/mol. The van der Waals surface area contributed by atoms with E-state index in [2.05, 4.69) is 0 Å². The second-order valence-electron chi connectivity index (χ2n) is 5.20. The van der Waals surface area contributed by atoms with Crippen LogP contribution < -0.4 is 0 Å².